The molecule has 3 aromatic carbocycles. The van der Waals surface area contributed by atoms with Gasteiger partial charge in [-0.25, -0.2) is 9.79 Å². The molecule has 41 heavy (non-hydrogen) atoms. The third-order valence-corrected chi connectivity index (χ3v) is 7.60. The van der Waals surface area contributed by atoms with Crippen LogP contribution in [0.3, 0.4) is 0 Å². The van der Waals surface area contributed by atoms with Gasteiger partial charge in [-0.1, -0.05) is 53.3 Å². The van der Waals surface area contributed by atoms with Crippen molar-refractivity contribution in [3.8, 4) is 5.75 Å². The lowest BCUT2D eigenvalue weighted by molar-refractivity contribution is -0.384. The molecule has 1 aliphatic heterocycles. The van der Waals surface area contributed by atoms with E-state index in [1.807, 2.05) is 49.4 Å². The van der Waals surface area contributed by atoms with E-state index in [1.165, 1.54) is 23.5 Å². The SMILES string of the molecule is CCOC(=O)C1=C(C)N=c2s/c(=C\c3cccc(OCc4ccc([N+](=O)[O-])cc4)c3)c(=O)n2[C@@H]1c1ccc(C)cc1. The molecule has 0 amide bonds. The minimum absolute atomic E-state index is 0.0198. The highest BCUT2D eigenvalue weighted by Gasteiger charge is 2.33. The summed E-state index contributed by atoms with van der Waals surface area (Å²) < 4.78 is 13.3. The second kappa shape index (κ2) is 11.7. The summed E-state index contributed by atoms with van der Waals surface area (Å²) in [4.78, 5) is 42.4. The molecular weight excluding hydrogens is 542 g/mol. The Morgan fingerprint density at radius 1 is 1.10 bits per heavy atom. The number of nitro groups is 1. The van der Waals surface area contributed by atoms with E-state index >= 15 is 0 Å². The lowest BCUT2D eigenvalue weighted by atomic mass is 9.95. The van der Waals surface area contributed by atoms with Crippen LogP contribution in [0.5, 0.6) is 5.75 Å². The van der Waals surface area contributed by atoms with Crippen LogP contribution < -0.4 is 19.6 Å². The topological polar surface area (TPSA) is 113 Å². The Hall–Kier alpha value is -4.83. The van der Waals surface area contributed by atoms with Crippen molar-refractivity contribution >= 4 is 29.1 Å². The summed E-state index contributed by atoms with van der Waals surface area (Å²) in [7, 11) is 0. The maximum absolute atomic E-state index is 13.8. The zero-order chi connectivity index (χ0) is 29.1. The number of rotatable bonds is 8. The van der Waals surface area contributed by atoms with Crippen molar-refractivity contribution in [2.45, 2.75) is 33.4 Å². The Bertz CT molecular complexity index is 1840. The van der Waals surface area contributed by atoms with Gasteiger partial charge in [0.25, 0.3) is 11.2 Å². The first-order valence-electron chi connectivity index (χ1n) is 13.0. The van der Waals surface area contributed by atoms with E-state index in [0.29, 0.717) is 26.4 Å². The van der Waals surface area contributed by atoms with Gasteiger partial charge in [0.2, 0.25) is 0 Å². The lowest BCUT2D eigenvalue weighted by Crippen LogP contribution is -2.39. The van der Waals surface area contributed by atoms with Crippen molar-refractivity contribution in [2.24, 2.45) is 4.99 Å². The molecule has 0 saturated heterocycles. The van der Waals surface area contributed by atoms with Gasteiger partial charge in [0.05, 0.1) is 33.4 Å². The van der Waals surface area contributed by atoms with Crippen LogP contribution in [0.15, 0.2) is 93.9 Å². The summed E-state index contributed by atoms with van der Waals surface area (Å²) in [6.45, 7) is 5.93. The average Bonchev–Trinajstić information content (AvgIpc) is 3.26. The quantitative estimate of drug-likeness (QED) is 0.174. The van der Waals surface area contributed by atoms with Crippen LogP contribution in [0.25, 0.3) is 6.08 Å². The van der Waals surface area contributed by atoms with Gasteiger partial charge < -0.3 is 9.47 Å². The second-order valence-electron chi connectivity index (χ2n) is 9.50. The number of nitro benzene ring substituents is 1. The summed E-state index contributed by atoms with van der Waals surface area (Å²) in [5.74, 6) is 0.0920. The zero-order valence-corrected chi connectivity index (χ0v) is 23.5. The summed E-state index contributed by atoms with van der Waals surface area (Å²) >= 11 is 1.26. The zero-order valence-electron chi connectivity index (χ0n) is 22.7. The summed E-state index contributed by atoms with van der Waals surface area (Å²) in [5.41, 5.74) is 4.03. The first-order chi connectivity index (χ1) is 19.7. The second-order valence-corrected chi connectivity index (χ2v) is 10.5. The molecule has 1 atom stereocenters. The number of carbonyl (C=O) groups excluding carboxylic acids is 1. The fourth-order valence-electron chi connectivity index (χ4n) is 4.58. The Morgan fingerprint density at radius 2 is 1.83 bits per heavy atom. The maximum atomic E-state index is 13.8. The third-order valence-electron chi connectivity index (χ3n) is 6.62. The smallest absolute Gasteiger partial charge is 0.338 e. The molecule has 208 valence electrons. The summed E-state index contributed by atoms with van der Waals surface area (Å²) in [6.07, 6.45) is 1.78. The molecule has 0 saturated carbocycles. The number of allylic oxidation sites excluding steroid dienone is 1. The molecule has 10 heteroatoms. The summed E-state index contributed by atoms with van der Waals surface area (Å²) in [5, 5.41) is 10.9. The molecule has 0 spiro atoms. The molecule has 0 radical (unpaired) electrons. The van der Waals surface area contributed by atoms with Crippen LogP contribution in [0.1, 0.15) is 42.1 Å². The monoisotopic (exact) mass is 569 g/mol. The molecule has 1 aliphatic rings. The van der Waals surface area contributed by atoms with Gasteiger partial charge in [-0.3, -0.25) is 19.5 Å². The van der Waals surface area contributed by atoms with Crippen molar-refractivity contribution in [3.63, 3.8) is 0 Å². The highest BCUT2D eigenvalue weighted by atomic mass is 32.1. The number of esters is 1. The van der Waals surface area contributed by atoms with E-state index < -0.39 is 16.9 Å². The van der Waals surface area contributed by atoms with E-state index in [9.17, 15) is 19.7 Å². The van der Waals surface area contributed by atoms with Crippen molar-refractivity contribution in [3.05, 3.63) is 136 Å². The molecule has 1 aromatic heterocycles. The Morgan fingerprint density at radius 3 is 2.51 bits per heavy atom. The number of nitrogens with zero attached hydrogens (tertiary/aromatic N) is 3. The lowest BCUT2D eigenvalue weighted by Gasteiger charge is -2.24. The maximum Gasteiger partial charge on any atom is 0.338 e. The molecule has 0 N–H and O–H groups in total. The van der Waals surface area contributed by atoms with Gasteiger partial charge in [-0.15, -0.1) is 0 Å². The molecule has 2 heterocycles. The number of ether oxygens (including phenoxy) is 2. The summed E-state index contributed by atoms with van der Waals surface area (Å²) in [6, 6.07) is 20.6. The molecule has 0 aliphatic carbocycles. The Balaban J connectivity index is 1.49. The molecular formula is C31H27N3O6S. The van der Waals surface area contributed by atoms with E-state index in [2.05, 4.69) is 4.99 Å². The number of aromatic nitrogens is 1. The number of hydrogen-bond acceptors (Lipinski definition) is 8. The van der Waals surface area contributed by atoms with Crippen LogP contribution in [-0.4, -0.2) is 22.1 Å². The highest BCUT2D eigenvalue weighted by Crippen LogP contribution is 2.31. The van der Waals surface area contributed by atoms with E-state index in [4.69, 9.17) is 9.47 Å². The van der Waals surface area contributed by atoms with Gasteiger partial charge in [-0.05, 0) is 67.8 Å². The van der Waals surface area contributed by atoms with Gasteiger partial charge in [0.1, 0.15) is 12.4 Å². The van der Waals surface area contributed by atoms with Crippen LogP contribution >= 0.6 is 11.3 Å². The van der Waals surface area contributed by atoms with Crippen LogP contribution in [0.2, 0.25) is 0 Å². The molecule has 0 bridgehead atoms. The van der Waals surface area contributed by atoms with Crippen molar-refractivity contribution in [2.75, 3.05) is 6.61 Å². The Labute approximate surface area is 239 Å². The first-order valence-corrected chi connectivity index (χ1v) is 13.8. The highest BCUT2D eigenvalue weighted by molar-refractivity contribution is 7.07. The first kappa shape index (κ1) is 27.7. The normalized spacial score (nSPS) is 14.8. The van der Waals surface area contributed by atoms with Crippen LogP contribution in [0.4, 0.5) is 5.69 Å². The van der Waals surface area contributed by atoms with Crippen LogP contribution in [-0.2, 0) is 16.1 Å². The predicted octanol–water partition coefficient (Wildman–Crippen LogP) is 4.59. The third kappa shape index (κ3) is 5.87. The minimum Gasteiger partial charge on any atom is -0.489 e. The average molecular weight is 570 g/mol. The fraction of sp³-hybridized carbons (Fsp3) is 0.194. The number of non-ortho nitro benzene ring substituents is 1. The molecule has 0 fully saturated rings. The van der Waals surface area contributed by atoms with Crippen LogP contribution in [0, 0.1) is 17.0 Å². The van der Waals surface area contributed by atoms with Gasteiger partial charge in [0.15, 0.2) is 4.80 Å². The number of fused-ring (bicyclic) bond motifs is 1. The molecule has 5 rings (SSSR count). The molecule has 0 unspecified atom stereocenters. The van der Waals surface area contributed by atoms with Crippen molar-refractivity contribution in [1.29, 1.82) is 0 Å². The standard InChI is InChI=1S/C31H27N3O6S/c1-4-39-30(36)27-20(3)32-31-33(28(27)23-12-8-19(2)9-13-23)29(35)26(41-31)17-22-6-5-7-25(16-22)40-18-21-10-14-24(15-11-21)34(37)38/h5-17,28H,4,18H2,1-3H3/b26-17-/t28-/m1/s1. The van der Waals surface area contributed by atoms with E-state index in [0.717, 1.165) is 22.3 Å². The predicted molar refractivity (Wildman–Crippen MR) is 155 cm³/mol. The number of carbonyl (C=O) groups is 1. The minimum atomic E-state index is -0.663. The fourth-order valence-corrected chi connectivity index (χ4v) is 5.63. The Kier molecular flexibility index (Phi) is 7.93. The number of aryl methyl sites for hydroxylation is 1. The van der Waals surface area contributed by atoms with Gasteiger partial charge in [-0.2, -0.15) is 0 Å². The number of benzene rings is 3. The van der Waals surface area contributed by atoms with Crippen molar-refractivity contribution in [1.82, 2.24) is 4.57 Å². The molecule has 4 aromatic rings. The van der Waals surface area contributed by atoms with E-state index in [-0.39, 0.29) is 24.5 Å². The number of hydrogen-bond donors (Lipinski definition) is 0. The number of thiazole rings is 1. The largest absolute Gasteiger partial charge is 0.489 e. The van der Waals surface area contributed by atoms with Crippen molar-refractivity contribution < 1.29 is 19.2 Å². The van der Waals surface area contributed by atoms with Gasteiger partial charge in [0, 0.05) is 12.1 Å². The molecule has 9 nitrogen and oxygen atoms in total. The van der Waals surface area contributed by atoms with Gasteiger partial charge >= 0.3 is 5.97 Å². The van der Waals surface area contributed by atoms with E-state index in [1.54, 1.807) is 42.7 Å².